The number of rotatable bonds is 9. The van der Waals surface area contributed by atoms with Gasteiger partial charge in [-0.3, -0.25) is 0 Å². The predicted octanol–water partition coefficient (Wildman–Crippen LogP) is 2.36. The van der Waals surface area contributed by atoms with Crippen molar-refractivity contribution in [2.45, 2.75) is 25.7 Å². The Kier molecular flexibility index (Phi) is 6.74. The molecule has 0 aliphatic heterocycles. The number of aromatic carboxylic acids is 1. The summed E-state index contributed by atoms with van der Waals surface area (Å²) >= 11 is 0. The molecule has 5 nitrogen and oxygen atoms in total. The molecule has 3 N–H and O–H groups in total. The Morgan fingerprint density at radius 3 is 2.63 bits per heavy atom. The molecular formula is C14H21NO4. The molecule has 0 unspecified atom stereocenters. The van der Waals surface area contributed by atoms with Gasteiger partial charge in [0.1, 0.15) is 5.75 Å². The van der Waals surface area contributed by atoms with Crippen molar-refractivity contribution in [2.24, 2.45) is 0 Å². The monoisotopic (exact) mass is 267 g/mol. The second-order valence-electron chi connectivity index (χ2n) is 4.28. The number of nitrogens with one attached hydrogen (secondary N) is 1. The van der Waals surface area contributed by atoms with E-state index in [1.54, 1.807) is 19.2 Å². The zero-order valence-electron chi connectivity index (χ0n) is 11.2. The fourth-order valence-electron chi connectivity index (χ4n) is 1.80. The maximum atomic E-state index is 11.1. The Bertz CT molecular complexity index is 406. The highest BCUT2D eigenvalue weighted by molar-refractivity contribution is 5.94. The van der Waals surface area contributed by atoms with Gasteiger partial charge in [-0.05, 0) is 25.0 Å². The maximum Gasteiger partial charge on any atom is 0.337 e. The number of anilines is 1. The van der Waals surface area contributed by atoms with E-state index in [2.05, 4.69) is 5.32 Å². The van der Waals surface area contributed by atoms with E-state index in [-0.39, 0.29) is 12.2 Å². The molecule has 5 heteroatoms. The van der Waals surface area contributed by atoms with Gasteiger partial charge in [-0.15, -0.1) is 0 Å². The van der Waals surface area contributed by atoms with Crippen molar-refractivity contribution < 1.29 is 19.7 Å². The van der Waals surface area contributed by atoms with Crippen molar-refractivity contribution >= 4 is 11.7 Å². The summed E-state index contributed by atoms with van der Waals surface area (Å²) in [6.07, 6.45) is 3.76. The van der Waals surface area contributed by atoms with Gasteiger partial charge in [0.15, 0.2) is 0 Å². The third-order valence-corrected chi connectivity index (χ3v) is 2.86. The van der Waals surface area contributed by atoms with Crippen molar-refractivity contribution in [2.75, 3.05) is 25.6 Å². The highest BCUT2D eigenvalue weighted by Crippen LogP contribution is 2.22. The average molecular weight is 267 g/mol. The van der Waals surface area contributed by atoms with E-state index in [9.17, 15) is 4.79 Å². The molecule has 0 fully saturated rings. The number of aliphatic hydroxyl groups is 1. The van der Waals surface area contributed by atoms with E-state index in [1.807, 2.05) is 0 Å². The van der Waals surface area contributed by atoms with Crippen molar-refractivity contribution in [3.8, 4) is 5.75 Å². The molecular weight excluding hydrogens is 246 g/mol. The summed E-state index contributed by atoms with van der Waals surface area (Å²) in [5.74, 6) is -0.321. The van der Waals surface area contributed by atoms with Crippen molar-refractivity contribution in [3.05, 3.63) is 23.8 Å². The normalized spacial score (nSPS) is 10.2. The van der Waals surface area contributed by atoms with Gasteiger partial charge in [0.05, 0.1) is 18.4 Å². The third kappa shape index (κ3) is 5.18. The SMILES string of the molecule is COc1ccc(C(=O)O)c(NCCCCCCO)c1. The lowest BCUT2D eigenvalue weighted by atomic mass is 10.1. The van der Waals surface area contributed by atoms with Crippen LogP contribution in [0, 0.1) is 0 Å². The Morgan fingerprint density at radius 2 is 2.00 bits per heavy atom. The fourth-order valence-corrected chi connectivity index (χ4v) is 1.80. The zero-order valence-corrected chi connectivity index (χ0v) is 11.2. The number of carbonyl (C=O) groups is 1. The molecule has 0 atom stereocenters. The standard InChI is InChI=1S/C14H21NO4/c1-19-11-6-7-12(14(17)18)13(10-11)15-8-4-2-3-5-9-16/h6-7,10,15-16H,2-5,8-9H2,1H3,(H,17,18). The number of carboxylic acids is 1. The van der Waals surface area contributed by atoms with E-state index in [0.717, 1.165) is 25.7 Å². The van der Waals surface area contributed by atoms with Crippen LogP contribution in [0.5, 0.6) is 5.75 Å². The first kappa shape index (κ1) is 15.3. The molecule has 0 saturated heterocycles. The number of carboxylic acid groups (broad SMARTS) is 1. The zero-order chi connectivity index (χ0) is 14.1. The Balaban J connectivity index is 2.52. The smallest absolute Gasteiger partial charge is 0.337 e. The fraction of sp³-hybridized carbons (Fsp3) is 0.500. The molecule has 106 valence electrons. The van der Waals surface area contributed by atoms with Crippen LogP contribution < -0.4 is 10.1 Å². The van der Waals surface area contributed by atoms with Crippen LogP contribution in [0.3, 0.4) is 0 Å². The minimum absolute atomic E-state index is 0.229. The summed E-state index contributed by atoms with van der Waals surface area (Å²) in [5.41, 5.74) is 0.824. The lowest BCUT2D eigenvalue weighted by molar-refractivity contribution is 0.0698. The number of ether oxygens (including phenoxy) is 1. The highest BCUT2D eigenvalue weighted by atomic mass is 16.5. The molecule has 1 rings (SSSR count). The molecule has 0 bridgehead atoms. The van der Waals surface area contributed by atoms with Gasteiger partial charge >= 0.3 is 5.97 Å². The molecule has 0 radical (unpaired) electrons. The number of hydrogen-bond acceptors (Lipinski definition) is 4. The predicted molar refractivity (Wildman–Crippen MR) is 74.0 cm³/mol. The van der Waals surface area contributed by atoms with Crippen molar-refractivity contribution in [3.63, 3.8) is 0 Å². The first-order valence-electron chi connectivity index (χ1n) is 6.45. The summed E-state index contributed by atoms with van der Waals surface area (Å²) in [6, 6.07) is 4.86. The van der Waals surface area contributed by atoms with E-state index in [1.165, 1.54) is 6.07 Å². The molecule has 0 spiro atoms. The molecule has 1 aromatic carbocycles. The quantitative estimate of drug-likeness (QED) is 0.599. The van der Waals surface area contributed by atoms with Gasteiger partial charge in [0, 0.05) is 19.2 Å². The maximum absolute atomic E-state index is 11.1. The molecule has 0 saturated carbocycles. The van der Waals surface area contributed by atoms with Crippen LogP contribution in [0.25, 0.3) is 0 Å². The summed E-state index contributed by atoms with van der Waals surface area (Å²) in [6.45, 7) is 0.936. The molecule has 0 aliphatic rings. The first-order chi connectivity index (χ1) is 9.19. The summed E-state index contributed by atoms with van der Waals surface area (Å²) < 4.78 is 5.09. The van der Waals surface area contributed by atoms with Gasteiger partial charge in [-0.1, -0.05) is 12.8 Å². The highest BCUT2D eigenvalue weighted by Gasteiger charge is 2.10. The summed E-state index contributed by atoms with van der Waals surface area (Å²) in [4.78, 5) is 11.1. The minimum Gasteiger partial charge on any atom is -0.497 e. The Morgan fingerprint density at radius 1 is 1.26 bits per heavy atom. The van der Waals surface area contributed by atoms with Gasteiger partial charge in [-0.2, -0.15) is 0 Å². The lowest BCUT2D eigenvalue weighted by Crippen LogP contribution is -2.08. The Hall–Kier alpha value is -1.75. The van der Waals surface area contributed by atoms with Gasteiger partial charge in [-0.25, -0.2) is 4.79 Å². The Labute approximate surface area is 113 Å². The van der Waals surface area contributed by atoms with Crippen LogP contribution in [0.4, 0.5) is 5.69 Å². The number of unbranched alkanes of at least 4 members (excludes halogenated alkanes) is 3. The molecule has 0 amide bonds. The minimum atomic E-state index is -0.953. The van der Waals surface area contributed by atoms with Crippen LogP contribution in [0.1, 0.15) is 36.0 Å². The number of hydrogen-bond donors (Lipinski definition) is 3. The van der Waals surface area contributed by atoms with Crippen LogP contribution in [0.15, 0.2) is 18.2 Å². The number of aliphatic hydroxyl groups excluding tert-OH is 1. The van der Waals surface area contributed by atoms with Crippen LogP contribution >= 0.6 is 0 Å². The van der Waals surface area contributed by atoms with Crippen molar-refractivity contribution in [1.29, 1.82) is 0 Å². The number of benzene rings is 1. The van der Waals surface area contributed by atoms with Crippen molar-refractivity contribution in [1.82, 2.24) is 0 Å². The average Bonchev–Trinajstić information content (AvgIpc) is 2.42. The second kappa shape index (κ2) is 8.37. The van der Waals surface area contributed by atoms with Crippen LogP contribution in [-0.2, 0) is 0 Å². The summed E-state index contributed by atoms with van der Waals surface area (Å²) in [7, 11) is 1.55. The van der Waals surface area contributed by atoms with Gasteiger partial charge < -0.3 is 20.3 Å². The number of methoxy groups -OCH3 is 1. The van der Waals surface area contributed by atoms with E-state index >= 15 is 0 Å². The van der Waals surface area contributed by atoms with Crippen LogP contribution in [0.2, 0.25) is 0 Å². The largest absolute Gasteiger partial charge is 0.497 e. The molecule has 1 aromatic rings. The first-order valence-corrected chi connectivity index (χ1v) is 6.45. The van der Waals surface area contributed by atoms with Gasteiger partial charge in [0.25, 0.3) is 0 Å². The van der Waals surface area contributed by atoms with E-state index < -0.39 is 5.97 Å². The molecule has 0 aliphatic carbocycles. The third-order valence-electron chi connectivity index (χ3n) is 2.86. The van der Waals surface area contributed by atoms with Crippen LogP contribution in [-0.4, -0.2) is 36.4 Å². The lowest BCUT2D eigenvalue weighted by Gasteiger charge is -2.11. The molecule has 19 heavy (non-hydrogen) atoms. The second-order valence-corrected chi connectivity index (χ2v) is 4.28. The van der Waals surface area contributed by atoms with Gasteiger partial charge in [0.2, 0.25) is 0 Å². The summed E-state index contributed by atoms with van der Waals surface area (Å²) in [5, 5.41) is 20.9. The molecule has 0 aromatic heterocycles. The van der Waals surface area contributed by atoms with E-state index in [4.69, 9.17) is 14.9 Å². The van der Waals surface area contributed by atoms with E-state index in [0.29, 0.717) is 18.0 Å². The topological polar surface area (TPSA) is 78.8 Å². The molecule has 0 heterocycles.